The molecule has 1 unspecified atom stereocenters. The molecule has 0 aromatic heterocycles. The van der Waals surface area contributed by atoms with E-state index in [0.29, 0.717) is 5.56 Å². The number of carbonyl (C=O) groups is 1. The van der Waals surface area contributed by atoms with Crippen LogP contribution in [0, 0.1) is 11.6 Å². The highest BCUT2D eigenvalue weighted by molar-refractivity contribution is 9.10. The summed E-state index contributed by atoms with van der Waals surface area (Å²) in [7, 11) is 0. The molecule has 0 spiro atoms. The van der Waals surface area contributed by atoms with Gasteiger partial charge in [-0.3, -0.25) is 0 Å². The van der Waals surface area contributed by atoms with Crippen LogP contribution in [0.2, 0.25) is 0 Å². The standard InChI is InChI=1S/C27H35BrF2N2O3/c1-26(2,3)35-25(34)32-23(14-18-12-21(29)16-22(30)13-18)24(33)17-31-27(10-5-4-6-11-27)19-8-7-9-20(28)15-19/h7-9,12-13,15-16,23-24,31,33H,4-6,10-11,14,17H2,1-3H3,(H,32,34)/t23?,24-/m1/s1. The van der Waals surface area contributed by atoms with Crippen LogP contribution in [0.5, 0.6) is 0 Å². The topological polar surface area (TPSA) is 70.6 Å². The van der Waals surface area contributed by atoms with E-state index in [1.165, 1.54) is 12.1 Å². The van der Waals surface area contributed by atoms with Gasteiger partial charge in [-0.2, -0.15) is 0 Å². The third-order valence-corrected chi connectivity index (χ3v) is 6.77. The number of amides is 1. The van der Waals surface area contributed by atoms with E-state index in [1.54, 1.807) is 20.8 Å². The highest BCUT2D eigenvalue weighted by Crippen LogP contribution is 2.38. The van der Waals surface area contributed by atoms with E-state index in [9.17, 15) is 18.7 Å². The lowest BCUT2D eigenvalue weighted by atomic mass is 9.76. The zero-order valence-electron chi connectivity index (χ0n) is 20.5. The molecule has 0 radical (unpaired) electrons. The molecule has 0 heterocycles. The molecule has 192 valence electrons. The van der Waals surface area contributed by atoms with Crippen molar-refractivity contribution in [2.45, 2.75) is 82.6 Å². The molecule has 0 aliphatic heterocycles. The molecule has 8 heteroatoms. The van der Waals surface area contributed by atoms with Gasteiger partial charge in [0.25, 0.3) is 0 Å². The molecule has 0 bridgehead atoms. The maximum Gasteiger partial charge on any atom is 0.407 e. The number of hydrogen-bond donors (Lipinski definition) is 3. The van der Waals surface area contributed by atoms with Gasteiger partial charge in [0.1, 0.15) is 17.2 Å². The summed E-state index contributed by atoms with van der Waals surface area (Å²) in [5, 5.41) is 17.5. The minimum atomic E-state index is -1.03. The number of nitrogens with one attached hydrogen (secondary N) is 2. The first-order valence-electron chi connectivity index (χ1n) is 12.1. The zero-order valence-corrected chi connectivity index (χ0v) is 22.1. The van der Waals surface area contributed by atoms with Crippen molar-refractivity contribution < 1.29 is 23.4 Å². The van der Waals surface area contributed by atoms with Crippen molar-refractivity contribution in [2.75, 3.05) is 6.54 Å². The molecule has 1 fully saturated rings. The van der Waals surface area contributed by atoms with Crippen molar-refractivity contribution in [1.82, 2.24) is 10.6 Å². The highest BCUT2D eigenvalue weighted by atomic mass is 79.9. The fraction of sp³-hybridized carbons (Fsp3) is 0.519. The van der Waals surface area contributed by atoms with E-state index >= 15 is 0 Å². The molecule has 0 saturated heterocycles. The van der Waals surface area contributed by atoms with E-state index in [2.05, 4.69) is 38.7 Å². The van der Waals surface area contributed by atoms with Crippen LogP contribution in [0.15, 0.2) is 46.9 Å². The lowest BCUT2D eigenvalue weighted by molar-refractivity contribution is 0.0408. The van der Waals surface area contributed by atoms with E-state index in [0.717, 1.165) is 48.2 Å². The summed E-state index contributed by atoms with van der Waals surface area (Å²) in [5.74, 6) is -1.42. The molecule has 1 amide bonds. The smallest absolute Gasteiger partial charge is 0.407 e. The highest BCUT2D eigenvalue weighted by Gasteiger charge is 2.35. The maximum atomic E-state index is 13.8. The molecule has 3 rings (SSSR count). The number of carbonyl (C=O) groups excluding carboxylic acids is 1. The van der Waals surface area contributed by atoms with Crippen LogP contribution in [0.4, 0.5) is 13.6 Å². The van der Waals surface area contributed by atoms with Crippen LogP contribution in [-0.4, -0.2) is 35.5 Å². The van der Waals surface area contributed by atoms with Crippen LogP contribution in [0.3, 0.4) is 0 Å². The van der Waals surface area contributed by atoms with Crippen molar-refractivity contribution in [2.24, 2.45) is 0 Å². The van der Waals surface area contributed by atoms with Gasteiger partial charge in [0.15, 0.2) is 0 Å². The van der Waals surface area contributed by atoms with Crippen molar-refractivity contribution in [3.63, 3.8) is 0 Å². The molecule has 3 N–H and O–H groups in total. The van der Waals surface area contributed by atoms with Gasteiger partial charge in [-0.25, -0.2) is 13.6 Å². The van der Waals surface area contributed by atoms with E-state index in [4.69, 9.17) is 4.74 Å². The van der Waals surface area contributed by atoms with Gasteiger partial charge in [0, 0.05) is 22.6 Å². The minimum absolute atomic E-state index is 0.0423. The second-order valence-corrected chi connectivity index (χ2v) is 11.3. The second kappa shape index (κ2) is 11.8. The summed E-state index contributed by atoms with van der Waals surface area (Å²) >= 11 is 3.56. The summed E-state index contributed by atoms with van der Waals surface area (Å²) in [6, 6.07) is 10.5. The van der Waals surface area contributed by atoms with Crippen molar-refractivity contribution in [1.29, 1.82) is 0 Å². The Labute approximate surface area is 214 Å². The Morgan fingerprint density at radius 2 is 1.77 bits per heavy atom. The predicted octanol–water partition coefficient (Wildman–Crippen LogP) is 5.97. The van der Waals surface area contributed by atoms with E-state index < -0.39 is 35.5 Å². The van der Waals surface area contributed by atoms with Gasteiger partial charge >= 0.3 is 6.09 Å². The van der Waals surface area contributed by atoms with Gasteiger partial charge in [0.2, 0.25) is 0 Å². The number of alkyl carbamates (subject to hydrolysis) is 1. The largest absolute Gasteiger partial charge is 0.444 e. The normalized spacial score (nSPS) is 17.5. The maximum absolute atomic E-state index is 13.8. The quantitative estimate of drug-likeness (QED) is 0.377. The summed E-state index contributed by atoms with van der Waals surface area (Å²) in [4.78, 5) is 12.5. The van der Waals surface area contributed by atoms with E-state index in [1.807, 2.05) is 12.1 Å². The molecule has 2 aromatic rings. The Bertz CT molecular complexity index is 986. The van der Waals surface area contributed by atoms with Gasteiger partial charge in [-0.1, -0.05) is 47.3 Å². The molecular formula is C27H35BrF2N2O3. The minimum Gasteiger partial charge on any atom is -0.444 e. The summed E-state index contributed by atoms with van der Waals surface area (Å²) in [6.45, 7) is 5.41. The summed E-state index contributed by atoms with van der Waals surface area (Å²) in [6.07, 6.45) is 3.47. The SMILES string of the molecule is CC(C)(C)OC(=O)NC(Cc1cc(F)cc(F)c1)[C@H](O)CNC1(c2cccc(Br)c2)CCCCC1. The first kappa shape index (κ1) is 27.6. The number of hydrogen-bond acceptors (Lipinski definition) is 4. The average Bonchev–Trinajstić information content (AvgIpc) is 2.76. The lowest BCUT2D eigenvalue weighted by Gasteiger charge is -2.40. The third-order valence-electron chi connectivity index (χ3n) is 6.28. The summed E-state index contributed by atoms with van der Waals surface area (Å²) in [5.41, 5.74) is 0.449. The molecule has 2 atom stereocenters. The zero-order chi connectivity index (χ0) is 25.6. The van der Waals surface area contributed by atoms with Crippen LogP contribution in [-0.2, 0) is 16.7 Å². The van der Waals surface area contributed by atoms with E-state index in [-0.39, 0.29) is 18.5 Å². The summed E-state index contributed by atoms with van der Waals surface area (Å²) < 4.78 is 33.9. The number of aliphatic hydroxyl groups is 1. The Kier molecular flexibility index (Phi) is 9.29. The monoisotopic (exact) mass is 552 g/mol. The van der Waals surface area contributed by atoms with Crippen LogP contribution in [0.25, 0.3) is 0 Å². The Morgan fingerprint density at radius 3 is 2.37 bits per heavy atom. The van der Waals surface area contributed by atoms with Crippen LogP contribution < -0.4 is 10.6 Å². The van der Waals surface area contributed by atoms with Gasteiger partial charge in [0.05, 0.1) is 12.1 Å². The predicted molar refractivity (Wildman–Crippen MR) is 136 cm³/mol. The third kappa shape index (κ3) is 8.26. The molecule has 2 aromatic carbocycles. The van der Waals surface area contributed by atoms with Gasteiger partial charge < -0.3 is 20.5 Å². The molecule has 1 saturated carbocycles. The fourth-order valence-corrected chi connectivity index (χ4v) is 5.08. The average molecular weight is 553 g/mol. The Balaban J connectivity index is 1.79. The Morgan fingerprint density at radius 1 is 1.11 bits per heavy atom. The van der Waals surface area contributed by atoms with Crippen LogP contribution in [0.1, 0.15) is 64.0 Å². The first-order chi connectivity index (χ1) is 16.5. The molecule has 1 aliphatic carbocycles. The molecule has 35 heavy (non-hydrogen) atoms. The number of rotatable bonds is 8. The first-order valence-corrected chi connectivity index (χ1v) is 12.9. The second-order valence-electron chi connectivity index (χ2n) is 10.3. The number of ether oxygens (including phenoxy) is 1. The van der Waals surface area contributed by atoms with Crippen molar-refractivity contribution in [3.05, 3.63) is 69.7 Å². The van der Waals surface area contributed by atoms with Crippen molar-refractivity contribution in [3.8, 4) is 0 Å². The van der Waals surface area contributed by atoms with Gasteiger partial charge in [-0.15, -0.1) is 0 Å². The molecule has 5 nitrogen and oxygen atoms in total. The Hall–Kier alpha value is -2.03. The van der Waals surface area contributed by atoms with Crippen molar-refractivity contribution >= 4 is 22.0 Å². The number of aliphatic hydroxyl groups excluding tert-OH is 1. The lowest BCUT2D eigenvalue weighted by Crippen LogP contribution is -2.53. The number of halogens is 3. The molecular weight excluding hydrogens is 518 g/mol. The fourth-order valence-electron chi connectivity index (χ4n) is 4.68. The van der Waals surface area contributed by atoms with Gasteiger partial charge in [-0.05, 0) is 75.4 Å². The molecule has 1 aliphatic rings. The van der Waals surface area contributed by atoms with Crippen LogP contribution >= 0.6 is 15.9 Å². The number of benzene rings is 2.